The van der Waals surface area contributed by atoms with E-state index in [0.29, 0.717) is 11.6 Å². The first-order valence-corrected chi connectivity index (χ1v) is 6.38. The van der Waals surface area contributed by atoms with Crippen LogP contribution >= 0.6 is 0 Å². The second-order valence-corrected chi connectivity index (χ2v) is 4.47. The molecule has 18 heavy (non-hydrogen) atoms. The van der Waals surface area contributed by atoms with Crippen LogP contribution in [0.4, 0.5) is 5.82 Å². The number of ether oxygens (including phenoxy) is 1. The molecule has 0 saturated carbocycles. The molecule has 1 aliphatic rings. The Morgan fingerprint density at radius 1 is 1.33 bits per heavy atom. The molecule has 2 heterocycles. The molecular formula is C13H19N3O2. The van der Waals surface area contributed by atoms with E-state index in [1.54, 1.807) is 18.3 Å². The third kappa shape index (κ3) is 3.35. The minimum Gasteiger partial charge on any atom is -0.480 e. The van der Waals surface area contributed by atoms with E-state index in [1.807, 2.05) is 4.90 Å². The number of rotatable bonds is 3. The van der Waals surface area contributed by atoms with Crippen molar-refractivity contribution in [2.75, 3.05) is 25.4 Å². The molecule has 1 amide bonds. The Bertz CT molecular complexity index is 401. The van der Waals surface area contributed by atoms with Crippen LogP contribution in [0.3, 0.4) is 0 Å². The van der Waals surface area contributed by atoms with Crippen LogP contribution in [0.15, 0.2) is 18.3 Å². The van der Waals surface area contributed by atoms with Gasteiger partial charge in [-0.15, -0.1) is 0 Å². The Labute approximate surface area is 107 Å². The lowest BCUT2D eigenvalue weighted by Gasteiger charge is -2.20. The third-order valence-corrected chi connectivity index (χ3v) is 3.11. The van der Waals surface area contributed by atoms with Gasteiger partial charge in [0.05, 0.1) is 0 Å². The van der Waals surface area contributed by atoms with Gasteiger partial charge in [0.15, 0.2) is 18.2 Å². The molecule has 5 nitrogen and oxygen atoms in total. The van der Waals surface area contributed by atoms with E-state index in [4.69, 9.17) is 10.5 Å². The molecule has 2 rings (SSSR count). The summed E-state index contributed by atoms with van der Waals surface area (Å²) in [4.78, 5) is 17.8. The van der Waals surface area contributed by atoms with E-state index in [-0.39, 0.29) is 12.5 Å². The summed E-state index contributed by atoms with van der Waals surface area (Å²) in [5.74, 6) is 0.821. The topological polar surface area (TPSA) is 68.5 Å². The van der Waals surface area contributed by atoms with Gasteiger partial charge in [0, 0.05) is 19.3 Å². The number of nitrogen functional groups attached to an aromatic ring is 1. The summed E-state index contributed by atoms with van der Waals surface area (Å²) in [6.45, 7) is 1.71. The maximum atomic E-state index is 12.0. The van der Waals surface area contributed by atoms with Crippen LogP contribution in [-0.4, -0.2) is 35.5 Å². The number of likely N-dealkylation sites (tertiary alicyclic amines) is 1. The highest BCUT2D eigenvalue weighted by atomic mass is 16.5. The Balaban J connectivity index is 1.86. The highest BCUT2D eigenvalue weighted by Crippen LogP contribution is 2.17. The van der Waals surface area contributed by atoms with E-state index in [2.05, 4.69) is 4.98 Å². The molecule has 1 aromatic rings. The van der Waals surface area contributed by atoms with Crippen molar-refractivity contribution in [2.24, 2.45) is 0 Å². The van der Waals surface area contributed by atoms with E-state index >= 15 is 0 Å². The van der Waals surface area contributed by atoms with E-state index in [1.165, 1.54) is 12.8 Å². The van der Waals surface area contributed by atoms with Crippen molar-refractivity contribution in [3.05, 3.63) is 18.3 Å². The number of amides is 1. The predicted molar refractivity (Wildman–Crippen MR) is 69.2 cm³/mol. The summed E-state index contributed by atoms with van der Waals surface area (Å²) < 4.78 is 5.41. The third-order valence-electron chi connectivity index (χ3n) is 3.11. The second-order valence-electron chi connectivity index (χ2n) is 4.47. The van der Waals surface area contributed by atoms with E-state index < -0.39 is 0 Å². The number of anilines is 1. The number of carbonyl (C=O) groups is 1. The van der Waals surface area contributed by atoms with Gasteiger partial charge >= 0.3 is 0 Å². The smallest absolute Gasteiger partial charge is 0.260 e. The number of nitrogens with two attached hydrogens (primary N) is 1. The van der Waals surface area contributed by atoms with E-state index in [9.17, 15) is 4.79 Å². The largest absolute Gasteiger partial charge is 0.480 e. The summed E-state index contributed by atoms with van der Waals surface area (Å²) in [5, 5.41) is 0. The molecule has 98 valence electrons. The molecule has 0 bridgehead atoms. The molecule has 0 unspecified atom stereocenters. The van der Waals surface area contributed by atoms with Gasteiger partial charge in [-0.05, 0) is 25.0 Å². The Kier molecular flexibility index (Phi) is 4.39. The van der Waals surface area contributed by atoms with Crippen molar-refractivity contribution in [2.45, 2.75) is 25.7 Å². The maximum absolute atomic E-state index is 12.0. The molecule has 0 aromatic carbocycles. The monoisotopic (exact) mass is 249 g/mol. The van der Waals surface area contributed by atoms with Gasteiger partial charge in [0.1, 0.15) is 0 Å². The molecule has 1 fully saturated rings. The van der Waals surface area contributed by atoms with Gasteiger partial charge in [0.25, 0.3) is 5.91 Å². The molecule has 2 N–H and O–H groups in total. The molecule has 5 heteroatoms. The van der Waals surface area contributed by atoms with Crippen molar-refractivity contribution < 1.29 is 9.53 Å². The van der Waals surface area contributed by atoms with Crippen LogP contribution < -0.4 is 10.5 Å². The number of hydrogen-bond acceptors (Lipinski definition) is 4. The first kappa shape index (κ1) is 12.7. The van der Waals surface area contributed by atoms with Crippen LogP contribution in [0.25, 0.3) is 0 Å². The quantitative estimate of drug-likeness (QED) is 0.880. The zero-order chi connectivity index (χ0) is 12.8. The second kappa shape index (κ2) is 6.23. The summed E-state index contributed by atoms with van der Waals surface area (Å²) in [7, 11) is 0. The molecule has 1 saturated heterocycles. The van der Waals surface area contributed by atoms with Gasteiger partial charge in [-0.3, -0.25) is 4.79 Å². The number of carbonyl (C=O) groups excluding carboxylic acids is 1. The molecule has 0 radical (unpaired) electrons. The first-order chi connectivity index (χ1) is 8.77. The van der Waals surface area contributed by atoms with E-state index in [0.717, 1.165) is 25.9 Å². The summed E-state index contributed by atoms with van der Waals surface area (Å²) in [5.41, 5.74) is 5.65. The highest BCUT2D eigenvalue weighted by Gasteiger charge is 2.16. The molecular weight excluding hydrogens is 230 g/mol. The lowest BCUT2D eigenvalue weighted by Crippen LogP contribution is -2.35. The van der Waals surface area contributed by atoms with Gasteiger partial charge in [-0.25, -0.2) is 4.98 Å². The fraction of sp³-hybridized carbons (Fsp3) is 0.538. The average molecular weight is 249 g/mol. The van der Waals surface area contributed by atoms with Crippen LogP contribution in [0.2, 0.25) is 0 Å². The highest BCUT2D eigenvalue weighted by molar-refractivity contribution is 5.78. The average Bonchev–Trinajstić information content (AvgIpc) is 2.66. The number of aromatic nitrogens is 1. The fourth-order valence-corrected chi connectivity index (χ4v) is 2.08. The fourth-order valence-electron chi connectivity index (χ4n) is 2.08. The van der Waals surface area contributed by atoms with Crippen LogP contribution in [0.5, 0.6) is 5.75 Å². The predicted octanol–water partition coefficient (Wildman–Crippen LogP) is 1.45. The lowest BCUT2D eigenvalue weighted by atomic mass is 10.2. The molecule has 1 aromatic heterocycles. The Morgan fingerprint density at radius 3 is 2.72 bits per heavy atom. The van der Waals surface area contributed by atoms with Crippen molar-refractivity contribution in [3.63, 3.8) is 0 Å². The van der Waals surface area contributed by atoms with Crippen molar-refractivity contribution in [1.29, 1.82) is 0 Å². The minimum absolute atomic E-state index is 0.0279. The van der Waals surface area contributed by atoms with Gasteiger partial charge < -0.3 is 15.4 Å². The number of nitrogens with zero attached hydrogens (tertiary/aromatic N) is 2. The zero-order valence-corrected chi connectivity index (χ0v) is 10.5. The molecule has 1 aliphatic heterocycles. The minimum atomic E-state index is 0.0279. The van der Waals surface area contributed by atoms with Gasteiger partial charge in [-0.1, -0.05) is 12.8 Å². The van der Waals surface area contributed by atoms with Crippen LogP contribution in [-0.2, 0) is 4.79 Å². The zero-order valence-electron chi connectivity index (χ0n) is 10.5. The maximum Gasteiger partial charge on any atom is 0.260 e. The molecule has 0 spiro atoms. The Morgan fingerprint density at radius 2 is 2.06 bits per heavy atom. The summed E-state index contributed by atoms with van der Waals surface area (Å²) >= 11 is 0. The lowest BCUT2D eigenvalue weighted by molar-refractivity contribution is -0.133. The first-order valence-electron chi connectivity index (χ1n) is 6.38. The molecule has 0 aliphatic carbocycles. The summed E-state index contributed by atoms with van der Waals surface area (Å²) in [6, 6.07) is 3.46. The SMILES string of the molecule is Nc1ncccc1OCC(=O)N1CCCCCC1. The summed E-state index contributed by atoms with van der Waals surface area (Å²) in [6.07, 6.45) is 6.18. The van der Waals surface area contributed by atoms with Crippen LogP contribution in [0.1, 0.15) is 25.7 Å². The van der Waals surface area contributed by atoms with Gasteiger partial charge in [0.2, 0.25) is 0 Å². The van der Waals surface area contributed by atoms with Crippen LogP contribution in [0, 0.1) is 0 Å². The van der Waals surface area contributed by atoms with Crippen molar-refractivity contribution in [3.8, 4) is 5.75 Å². The number of pyridine rings is 1. The normalized spacial score (nSPS) is 16.1. The Hall–Kier alpha value is -1.78. The van der Waals surface area contributed by atoms with Crippen molar-refractivity contribution >= 4 is 11.7 Å². The number of hydrogen-bond donors (Lipinski definition) is 1. The van der Waals surface area contributed by atoms with Gasteiger partial charge in [-0.2, -0.15) is 0 Å². The van der Waals surface area contributed by atoms with Crippen molar-refractivity contribution in [1.82, 2.24) is 9.88 Å². The standard InChI is InChI=1S/C13H19N3O2/c14-13-11(6-5-7-15-13)18-10-12(17)16-8-3-1-2-4-9-16/h5-7H,1-4,8-10H2,(H2,14,15). The molecule has 0 atom stereocenters.